The predicted molar refractivity (Wildman–Crippen MR) is 404 cm³/mol. The fourth-order valence-electron chi connectivity index (χ4n) is 14.7. The first-order chi connectivity index (χ1) is 48.7. The molecule has 10 heterocycles. The second kappa shape index (κ2) is 30.3. The van der Waals surface area contributed by atoms with E-state index in [0.29, 0.717) is 64.4 Å². The summed E-state index contributed by atoms with van der Waals surface area (Å²) < 4.78 is 59.5. The molecule has 8 aliphatic rings. The van der Waals surface area contributed by atoms with E-state index >= 15 is 0 Å². The van der Waals surface area contributed by atoms with Gasteiger partial charge in [0.15, 0.2) is 0 Å². The number of ether oxygens (including phenoxy) is 10. The molecule has 0 aliphatic carbocycles. The van der Waals surface area contributed by atoms with Crippen molar-refractivity contribution in [3.05, 3.63) is 222 Å². The van der Waals surface area contributed by atoms with E-state index in [1.807, 2.05) is 48.5 Å². The summed E-state index contributed by atoms with van der Waals surface area (Å²) in [6.07, 6.45) is -0.371. The molecular formula is C84H100N4O12S2. The average Bonchev–Trinajstić information content (AvgIpc) is 0.903. The number of carbonyl (C=O) groups excluding carboxylic acids is 2. The highest BCUT2D eigenvalue weighted by Crippen LogP contribution is 2.51. The Morgan fingerprint density at radius 2 is 0.578 bits per heavy atom. The summed E-state index contributed by atoms with van der Waals surface area (Å²) in [5.41, 5.74) is 19.6. The minimum absolute atomic E-state index is 0.00667. The van der Waals surface area contributed by atoms with Gasteiger partial charge in [0.2, 0.25) is 0 Å². The zero-order valence-electron chi connectivity index (χ0n) is 61.3. The first kappa shape index (κ1) is 72.9. The summed E-state index contributed by atoms with van der Waals surface area (Å²) in [6, 6.07) is 46.3. The van der Waals surface area contributed by atoms with Crippen LogP contribution in [0.3, 0.4) is 0 Å². The van der Waals surface area contributed by atoms with E-state index in [-0.39, 0.29) is 107 Å². The summed E-state index contributed by atoms with van der Waals surface area (Å²) in [6.45, 7) is 34.6. The van der Waals surface area contributed by atoms with Crippen LogP contribution in [-0.2, 0) is 69.1 Å². The molecule has 9 unspecified atom stereocenters. The van der Waals surface area contributed by atoms with Crippen LogP contribution in [0.1, 0.15) is 212 Å². The molecule has 0 saturated carbocycles. The number of rotatable bonds is 6. The molecule has 0 spiro atoms. The van der Waals surface area contributed by atoms with E-state index in [9.17, 15) is 9.59 Å². The zero-order chi connectivity index (χ0) is 71.8. The number of esters is 2. The molecule has 0 amide bonds. The summed E-state index contributed by atoms with van der Waals surface area (Å²) in [4.78, 5) is 22.3. The normalized spacial score (nSPS) is 25.3. The lowest BCUT2D eigenvalue weighted by molar-refractivity contribution is -0.151. The van der Waals surface area contributed by atoms with E-state index in [4.69, 9.17) is 47.4 Å². The molecule has 6 aromatic carbocycles. The van der Waals surface area contributed by atoms with Crippen LogP contribution in [0.4, 0.5) is 22.7 Å². The highest BCUT2D eigenvalue weighted by molar-refractivity contribution is 7.08. The fourth-order valence-corrected chi connectivity index (χ4v) is 16.1. The SMILES string of the molecule is CC(=O)Oc1ccc(C2Nc3ccc(C(C)(C)C)cc3C3OCCOC23)cc1.CC(=O)Oc1ccc(C2Nc3ccc(C(C)(C)C)cc3C3OCCOC23)cc1.CC(C)(C)c1ccc2c(c1)C1OCCOC1C(c1ccsc1)N2.CC(C)(C)c1ccc2c(c1)[C@@H]1OCCO[C@@H]1[C@@H](c1ccsc1)N2. The molecule has 4 saturated heterocycles. The van der Waals surface area contributed by atoms with E-state index < -0.39 is 0 Å². The van der Waals surface area contributed by atoms with Crippen LogP contribution in [-0.4, -0.2) is 89.2 Å². The number of nitrogens with one attached hydrogen (secondary N) is 4. The number of anilines is 4. The van der Waals surface area contributed by atoms with Gasteiger partial charge >= 0.3 is 11.9 Å². The lowest BCUT2D eigenvalue weighted by atomic mass is 9.82. The van der Waals surface area contributed by atoms with Crippen LogP contribution in [0.25, 0.3) is 0 Å². The Morgan fingerprint density at radius 3 is 0.804 bits per heavy atom. The Bertz CT molecular complexity index is 3920. The van der Waals surface area contributed by atoms with E-state index in [2.05, 4.69) is 211 Å². The molecule has 2 aromatic heterocycles. The third kappa shape index (κ3) is 16.2. The molecule has 12 atom stereocenters. The molecular weight excluding hydrogens is 1320 g/mol. The van der Waals surface area contributed by atoms with Gasteiger partial charge in [-0.3, -0.25) is 9.59 Å². The van der Waals surface area contributed by atoms with Crippen molar-refractivity contribution < 1.29 is 57.0 Å². The fraction of sp³-hybridized carbons (Fsp3) is 0.452. The number of thiophene rings is 2. The highest BCUT2D eigenvalue weighted by Gasteiger charge is 2.46. The lowest BCUT2D eigenvalue weighted by Gasteiger charge is -2.43. The summed E-state index contributed by atoms with van der Waals surface area (Å²) in [5.74, 6) is 0.437. The van der Waals surface area contributed by atoms with Gasteiger partial charge in [0.1, 0.15) is 60.3 Å². The Hall–Kier alpha value is -7.46. The van der Waals surface area contributed by atoms with E-state index in [1.165, 1.54) is 69.7 Å². The monoisotopic (exact) mass is 1420 g/mol. The van der Waals surface area contributed by atoms with Gasteiger partial charge in [-0.15, -0.1) is 0 Å². The maximum absolute atomic E-state index is 11.2. The van der Waals surface area contributed by atoms with Crippen LogP contribution in [0.5, 0.6) is 11.5 Å². The maximum Gasteiger partial charge on any atom is 0.308 e. The molecule has 16 nitrogen and oxygen atoms in total. The topological polar surface area (TPSA) is 175 Å². The molecule has 4 fully saturated rings. The Kier molecular flexibility index (Phi) is 21.7. The number of fused-ring (bicyclic) bond motifs is 12. The average molecular weight is 1420 g/mol. The number of benzene rings is 6. The highest BCUT2D eigenvalue weighted by atomic mass is 32.1. The van der Waals surface area contributed by atoms with Crippen molar-refractivity contribution in [2.75, 3.05) is 74.1 Å². The van der Waals surface area contributed by atoms with Gasteiger partial charge in [-0.2, -0.15) is 22.7 Å². The van der Waals surface area contributed by atoms with E-state index in [1.54, 1.807) is 22.7 Å². The third-order valence-corrected chi connectivity index (χ3v) is 21.6. The zero-order valence-corrected chi connectivity index (χ0v) is 62.9. The van der Waals surface area contributed by atoms with Crippen LogP contribution < -0.4 is 30.7 Å². The molecule has 540 valence electrons. The quantitative estimate of drug-likeness (QED) is 0.0913. The number of hydrogen-bond donors (Lipinski definition) is 4. The first-order valence-electron chi connectivity index (χ1n) is 35.9. The molecule has 0 radical (unpaired) electrons. The lowest BCUT2D eigenvalue weighted by Crippen LogP contribution is -2.43. The smallest absolute Gasteiger partial charge is 0.308 e. The summed E-state index contributed by atoms with van der Waals surface area (Å²) in [7, 11) is 0. The standard InChI is InChI=1S/2C23H27NO4.2C19H23NO2S/c2*1-14(25)28-17-8-5-15(6-9-17)20-22-21(26-11-12-27-22)18-13-16(23(2,3)4)7-10-19(18)24-20;2*1-19(2,3)13-4-5-15-14(10-13)17-18(22-8-7-21-17)16(20-15)12-6-9-23-11-12/h2*5-10,13,20-22,24H,11-12H2,1-4H3;2*4-6,9-11,16-18,20H,7-8H2,1-3H3/t;;16-,17+,18-;/m..1./s1. The number of hydrogen-bond acceptors (Lipinski definition) is 18. The molecule has 8 aliphatic heterocycles. The minimum atomic E-state index is -0.323. The molecule has 102 heavy (non-hydrogen) atoms. The van der Waals surface area contributed by atoms with Crippen LogP contribution in [0.2, 0.25) is 0 Å². The van der Waals surface area contributed by atoms with Crippen molar-refractivity contribution in [2.45, 2.75) is 192 Å². The van der Waals surface area contributed by atoms with E-state index in [0.717, 1.165) is 33.6 Å². The van der Waals surface area contributed by atoms with Gasteiger partial charge in [0.05, 0.1) is 77.0 Å². The summed E-state index contributed by atoms with van der Waals surface area (Å²) in [5, 5.41) is 23.3. The van der Waals surface area contributed by atoms with Gasteiger partial charge in [-0.1, -0.05) is 156 Å². The maximum atomic E-state index is 11.2. The third-order valence-electron chi connectivity index (χ3n) is 20.2. The van der Waals surface area contributed by atoms with Gasteiger partial charge in [0.25, 0.3) is 0 Å². The molecule has 16 rings (SSSR count). The van der Waals surface area contributed by atoms with Crippen molar-refractivity contribution in [2.24, 2.45) is 0 Å². The molecule has 8 aromatic rings. The van der Waals surface area contributed by atoms with Crippen molar-refractivity contribution >= 4 is 57.4 Å². The molecule has 18 heteroatoms. The largest absolute Gasteiger partial charge is 0.427 e. The van der Waals surface area contributed by atoms with Gasteiger partial charge in [-0.05, 0) is 148 Å². The van der Waals surface area contributed by atoms with Crippen LogP contribution in [0, 0.1) is 0 Å². The molecule has 0 bridgehead atoms. The van der Waals surface area contributed by atoms with Gasteiger partial charge < -0.3 is 68.6 Å². The van der Waals surface area contributed by atoms with Crippen molar-refractivity contribution in [3.63, 3.8) is 0 Å². The minimum Gasteiger partial charge on any atom is -0.427 e. The van der Waals surface area contributed by atoms with Crippen LogP contribution >= 0.6 is 22.7 Å². The van der Waals surface area contributed by atoms with Crippen LogP contribution in [0.15, 0.2) is 155 Å². The first-order valence-corrected chi connectivity index (χ1v) is 37.8. The van der Waals surface area contributed by atoms with Gasteiger partial charge in [0, 0.05) is 58.9 Å². The number of carbonyl (C=O) groups is 2. The Balaban J connectivity index is 0.000000122. The van der Waals surface area contributed by atoms with Gasteiger partial charge in [-0.25, -0.2) is 0 Å². The molecule has 4 N–H and O–H groups in total. The second-order valence-electron chi connectivity index (χ2n) is 31.6. The van der Waals surface area contributed by atoms with Crippen molar-refractivity contribution in [1.82, 2.24) is 0 Å². The predicted octanol–water partition coefficient (Wildman–Crippen LogP) is 18.4. The second-order valence-corrected chi connectivity index (χ2v) is 33.2. The van der Waals surface area contributed by atoms with Crippen molar-refractivity contribution in [3.8, 4) is 11.5 Å². The van der Waals surface area contributed by atoms with Crippen molar-refractivity contribution in [1.29, 1.82) is 0 Å². The summed E-state index contributed by atoms with van der Waals surface area (Å²) >= 11 is 3.45. The Morgan fingerprint density at radius 1 is 0.333 bits per heavy atom. The Labute approximate surface area is 609 Å².